The quantitative estimate of drug-likeness (QED) is 0.273. The molecule has 1 saturated carbocycles. The lowest BCUT2D eigenvalue weighted by Crippen LogP contribution is -2.32. The minimum absolute atomic E-state index is 0.256. The number of thiophene rings is 1. The van der Waals surface area contributed by atoms with Gasteiger partial charge in [0, 0.05) is 31.4 Å². The Bertz CT molecular complexity index is 1510. The van der Waals surface area contributed by atoms with Gasteiger partial charge in [0.05, 0.1) is 22.6 Å². The minimum Gasteiger partial charge on any atom is -0.386 e. The molecule has 1 aliphatic rings. The topological polar surface area (TPSA) is 79.3 Å². The molecule has 182 valence electrons. The van der Waals surface area contributed by atoms with Crippen molar-refractivity contribution in [3.05, 3.63) is 87.1 Å². The number of sulfonamides is 1. The first kappa shape index (κ1) is 24.5. The smallest absolute Gasteiger partial charge is 0.215 e. The van der Waals surface area contributed by atoms with Crippen LogP contribution in [0.4, 0.5) is 4.39 Å². The Morgan fingerprint density at radius 1 is 1.17 bits per heavy atom. The number of hydrogen-bond acceptors (Lipinski definition) is 5. The monoisotopic (exact) mass is 574 g/mol. The first-order chi connectivity index (χ1) is 16.5. The molecule has 5 rings (SSSR count). The van der Waals surface area contributed by atoms with Crippen molar-refractivity contribution in [2.24, 2.45) is 0 Å². The van der Waals surface area contributed by atoms with E-state index in [0.29, 0.717) is 27.9 Å². The number of pyridine rings is 1. The lowest BCUT2D eigenvalue weighted by Gasteiger charge is -2.20. The highest BCUT2D eigenvalue weighted by Gasteiger charge is 2.38. The normalized spacial score (nSPS) is 15.5. The van der Waals surface area contributed by atoms with Crippen molar-refractivity contribution in [3.8, 4) is 11.3 Å². The van der Waals surface area contributed by atoms with Gasteiger partial charge in [-0.3, -0.25) is 4.98 Å². The fourth-order valence-electron chi connectivity index (χ4n) is 4.07. The molecule has 0 spiro atoms. The fraction of sp³-hybridized carbons (Fsp3) is 0.269. The molecule has 2 heterocycles. The van der Waals surface area contributed by atoms with E-state index in [-0.39, 0.29) is 5.56 Å². The van der Waals surface area contributed by atoms with E-state index in [2.05, 4.69) is 25.6 Å². The first-order valence-corrected chi connectivity index (χ1v) is 14.4. The number of hydrogen-bond donors (Lipinski definition) is 2. The molecule has 2 N–H and O–H groups in total. The Labute approximate surface area is 216 Å². The van der Waals surface area contributed by atoms with E-state index in [1.807, 2.05) is 30.3 Å². The Morgan fingerprint density at radius 2 is 1.91 bits per heavy atom. The van der Waals surface area contributed by atoms with Crippen LogP contribution in [-0.2, 0) is 15.6 Å². The Kier molecular flexibility index (Phi) is 6.34. The second-order valence-corrected chi connectivity index (χ2v) is 13.2. The van der Waals surface area contributed by atoms with Gasteiger partial charge in [0.1, 0.15) is 5.82 Å². The van der Waals surface area contributed by atoms with Gasteiger partial charge in [0.15, 0.2) is 0 Å². The van der Waals surface area contributed by atoms with Crippen LogP contribution in [0.3, 0.4) is 0 Å². The summed E-state index contributed by atoms with van der Waals surface area (Å²) in [5.74, 6) is -0.486. The van der Waals surface area contributed by atoms with Crippen molar-refractivity contribution in [2.75, 3.05) is 0 Å². The Balaban J connectivity index is 1.66. The number of nitrogens with one attached hydrogen (secondary N) is 1. The molecular weight excluding hydrogens is 551 g/mol. The van der Waals surface area contributed by atoms with E-state index in [0.717, 1.165) is 21.2 Å². The van der Waals surface area contributed by atoms with Crippen molar-refractivity contribution < 1.29 is 17.9 Å². The third-order valence-corrected chi connectivity index (χ3v) is 9.98. The van der Waals surface area contributed by atoms with Crippen LogP contribution in [0.15, 0.2) is 65.3 Å². The lowest BCUT2D eigenvalue weighted by atomic mass is 9.97. The molecule has 0 radical (unpaired) electrons. The predicted octanol–water partition coefficient (Wildman–Crippen LogP) is 6.26. The van der Waals surface area contributed by atoms with Crippen LogP contribution in [0, 0.1) is 5.82 Å². The molecule has 1 fully saturated rings. The summed E-state index contributed by atoms with van der Waals surface area (Å²) in [7, 11) is -3.61. The van der Waals surface area contributed by atoms with Gasteiger partial charge in [0.2, 0.25) is 10.0 Å². The van der Waals surface area contributed by atoms with E-state index in [9.17, 15) is 13.5 Å². The van der Waals surface area contributed by atoms with Crippen LogP contribution >= 0.6 is 27.3 Å². The van der Waals surface area contributed by atoms with Crippen LogP contribution in [0.25, 0.3) is 21.3 Å². The van der Waals surface area contributed by atoms with Crippen LogP contribution < -0.4 is 4.72 Å². The van der Waals surface area contributed by atoms with Crippen molar-refractivity contribution in [2.45, 2.75) is 43.6 Å². The number of rotatable bonds is 7. The highest BCUT2D eigenvalue weighted by Crippen LogP contribution is 2.42. The maximum atomic E-state index is 15.0. The molecule has 9 heteroatoms. The van der Waals surface area contributed by atoms with Crippen molar-refractivity contribution in [1.82, 2.24) is 9.71 Å². The standard InChI is InChI=1S/C26H24BrFN2O3S2/c1-26(2,31)16-11-12-29-21(14-16)18-6-3-5-15-13-22(34-25(15)18)24(30-35(32,33)17-9-10-17)23-19(27)7-4-8-20(23)28/h3-8,11-14,17,24,30-31H,9-10H2,1-2H3/t24-/m0/s1. The van der Waals surface area contributed by atoms with E-state index in [1.165, 1.54) is 17.4 Å². The highest BCUT2D eigenvalue weighted by molar-refractivity contribution is 9.10. The predicted molar refractivity (Wildman–Crippen MR) is 141 cm³/mol. The zero-order valence-corrected chi connectivity index (χ0v) is 22.3. The molecule has 0 aliphatic heterocycles. The fourth-order valence-corrected chi connectivity index (χ4v) is 7.48. The molecule has 4 aromatic rings. The number of fused-ring (bicyclic) bond motifs is 1. The lowest BCUT2D eigenvalue weighted by molar-refractivity contribution is 0.0785. The van der Waals surface area contributed by atoms with Gasteiger partial charge in [-0.15, -0.1) is 11.3 Å². The molecule has 0 saturated heterocycles. The van der Waals surface area contributed by atoms with Crippen molar-refractivity contribution in [3.63, 3.8) is 0 Å². The van der Waals surface area contributed by atoms with Crippen LogP contribution in [0.5, 0.6) is 0 Å². The summed E-state index contributed by atoms with van der Waals surface area (Å²) in [5, 5.41) is 10.9. The average molecular weight is 576 g/mol. The summed E-state index contributed by atoms with van der Waals surface area (Å²) in [6, 6.07) is 15.1. The van der Waals surface area contributed by atoms with Gasteiger partial charge in [-0.25, -0.2) is 17.5 Å². The molecule has 1 aliphatic carbocycles. The molecule has 1 atom stereocenters. The van der Waals surface area contributed by atoms with Crippen LogP contribution in [0.1, 0.15) is 48.7 Å². The molecule has 2 aromatic carbocycles. The molecule has 0 amide bonds. The van der Waals surface area contributed by atoms with E-state index >= 15 is 4.39 Å². The number of nitrogens with zero attached hydrogens (tertiary/aromatic N) is 1. The van der Waals surface area contributed by atoms with Crippen molar-refractivity contribution in [1.29, 1.82) is 0 Å². The van der Waals surface area contributed by atoms with Gasteiger partial charge in [-0.05, 0) is 68.0 Å². The van der Waals surface area contributed by atoms with E-state index < -0.39 is 32.7 Å². The largest absolute Gasteiger partial charge is 0.386 e. The zero-order valence-electron chi connectivity index (χ0n) is 19.1. The molecule has 0 bridgehead atoms. The summed E-state index contributed by atoms with van der Waals surface area (Å²) in [5.41, 5.74) is 1.54. The average Bonchev–Trinajstić information content (AvgIpc) is 3.57. The molecule has 0 unspecified atom stereocenters. The number of aliphatic hydroxyl groups is 1. The number of aromatic nitrogens is 1. The molecular formula is C26H24BrFN2O3S2. The van der Waals surface area contributed by atoms with Gasteiger partial charge in [0.25, 0.3) is 0 Å². The van der Waals surface area contributed by atoms with Gasteiger partial charge in [-0.2, -0.15) is 0 Å². The van der Waals surface area contributed by atoms with Gasteiger partial charge < -0.3 is 5.11 Å². The Morgan fingerprint density at radius 3 is 2.60 bits per heavy atom. The SMILES string of the molecule is CC(C)(O)c1ccnc(-c2cccc3cc([C@H](NS(=O)(=O)C4CC4)c4c(F)cccc4Br)sc23)c1. The van der Waals surface area contributed by atoms with Crippen LogP contribution in [-0.4, -0.2) is 23.8 Å². The van der Waals surface area contributed by atoms with Crippen LogP contribution in [0.2, 0.25) is 0 Å². The maximum absolute atomic E-state index is 15.0. The molecule has 35 heavy (non-hydrogen) atoms. The molecule has 2 aromatic heterocycles. The second kappa shape index (κ2) is 9.05. The zero-order chi connectivity index (χ0) is 25.0. The first-order valence-electron chi connectivity index (χ1n) is 11.2. The Hall–Kier alpha value is -2.17. The summed E-state index contributed by atoms with van der Waals surface area (Å²) in [6.07, 6.45) is 2.89. The third kappa shape index (κ3) is 4.93. The highest BCUT2D eigenvalue weighted by atomic mass is 79.9. The number of halogens is 2. The minimum atomic E-state index is -3.61. The summed E-state index contributed by atoms with van der Waals surface area (Å²) in [4.78, 5) is 5.20. The van der Waals surface area contributed by atoms with Gasteiger partial charge >= 0.3 is 0 Å². The summed E-state index contributed by atoms with van der Waals surface area (Å²) >= 11 is 4.83. The molecule has 5 nitrogen and oxygen atoms in total. The summed E-state index contributed by atoms with van der Waals surface area (Å²) < 4.78 is 45.1. The second-order valence-electron chi connectivity index (χ2n) is 9.29. The van der Waals surface area contributed by atoms with Gasteiger partial charge in [-0.1, -0.05) is 40.2 Å². The third-order valence-electron chi connectivity index (χ3n) is 6.12. The van der Waals surface area contributed by atoms with E-state index in [1.54, 1.807) is 38.2 Å². The van der Waals surface area contributed by atoms with E-state index in [4.69, 9.17) is 0 Å². The maximum Gasteiger partial charge on any atom is 0.215 e. The summed E-state index contributed by atoms with van der Waals surface area (Å²) in [6.45, 7) is 3.44. The van der Waals surface area contributed by atoms with Crippen molar-refractivity contribution >= 4 is 47.4 Å². The number of benzene rings is 2.